The number of carbonyl (C=O) groups is 1. The molecule has 1 amide bonds. The minimum atomic E-state index is -0.131. The molecule has 3 aromatic carbocycles. The lowest BCUT2D eigenvalue weighted by Gasteiger charge is -2.07. The van der Waals surface area contributed by atoms with Crippen molar-refractivity contribution < 1.29 is 4.79 Å². The maximum atomic E-state index is 12.8. The molecule has 0 atom stereocenters. The smallest absolute Gasteiger partial charge is 0.256 e. The molecule has 3 nitrogen and oxygen atoms in total. The Labute approximate surface area is 172 Å². The Morgan fingerprint density at radius 3 is 2.00 bits per heavy atom. The van der Waals surface area contributed by atoms with E-state index < -0.39 is 0 Å². The van der Waals surface area contributed by atoms with Crippen LogP contribution >= 0.6 is 23.1 Å². The van der Waals surface area contributed by atoms with E-state index in [4.69, 9.17) is 0 Å². The summed E-state index contributed by atoms with van der Waals surface area (Å²) in [5, 5.41) is 3.81. The van der Waals surface area contributed by atoms with Crippen LogP contribution in [0.5, 0.6) is 0 Å². The molecule has 0 aliphatic heterocycles. The molecule has 0 aliphatic rings. The number of benzene rings is 3. The van der Waals surface area contributed by atoms with Gasteiger partial charge in [0.2, 0.25) is 0 Å². The predicted octanol–water partition coefficient (Wildman–Crippen LogP) is 6.45. The Morgan fingerprint density at radius 2 is 1.39 bits per heavy atom. The van der Waals surface area contributed by atoms with E-state index in [0.29, 0.717) is 5.56 Å². The number of hydrogen-bond acceptors (Lipinski definition) is 4. The number of carbonyl (C=O) groups excluding carboxylic acids is 1. The second kappa shape index (κ2) is 8.42. The lowest BCUT2D eigenvalue weighted by atomic mass is 10.0. The molecule has 0 radical (unpaired) electrons. The van der Waals surface area contributed by atoms with Gasteiger partial charge < -0.3 is 5.32 Å². The molecule has 0 fully saturated rings. The van der Waals surface area contributed by atoms with Gasteiger partial charge in [0.25, 0.3) is 5.91 Å². The summed E-state index contributed by atoms with van der Waals surface area (Å²) in [6.45, 7) is 0. The number of thiazole rings is 1. The van der Waals surface area contributed by atoms with E-state index in [1.165, 1.54) is 11.3 Å². The van der Waals surface area contributed by atoms with Crippen molar-refractivity contribution in [3.8, 4) is 22.4 Å². The zero-order valence-corrected chi connectivity index (χ0v) is 16.9. The van der Waals surface area contributed by atoms with E-state index in [-0.39, 0.29) is 5.91 Å². The average Bonchev–Trinajstić information content (AvgIpc) is 3.18. The Hall–Kier alpha value is -2.89. The fourth-order valence-electron chi connectivity index (χ4n) is 2.88. The summed E-state index contributed by atoms with van der Waals surface area (Å²) in [6.07, 6.45) is 1.99. The highest BCUT2D eigenvalue weighted by Gasteiger charge is 2.16. The third-order valence-electron chi connectivity index (χ3n) is 4.31. The first-order chi connectivity index (χ1) is 13.7. The van der Waals surface area contributed by atoms with Gasteiger partial charge in [-0.2, -0.15) is 0 Å². The van der Waals surface area contributed by atoms with E-state index in [1.807, 2.05) is 79.1 Å². The third-order valence-corrected chi connectivity index (χ3v) is 6.27. The van der Waals surface area contributed by atoms with Crippen LogP contribution in [0.15, 0.2) is 89.3 Å². The zero-order chi connectivity index (χ0) is 19.3. The second-order valence-electron chi connectivity index (χ2n) is 6.13. The van der Waals surface area contributed by atoms with Crippen LogP contribution in [0, 0.1) is 0 Å². The van der Waals surface area contributed by atoms with Gasteiger partial charge in [-0.05, 0) is 29.5 Å². The van der Waals surface area contributed by atoms with Gasteiger partial charge in [-0.25, -0.2) is 4.98 Å². The van der Waals surface area contributed by atoms with Crippen LogP contribution in [0.3, 0.4) is 0 Å². The molecule has 1 N–H and O–H groups in total. The van der Waals surface area contributed by atoms with E-state index in [0.717, 1.165) is 31.7 Å². The summed E-state index contributed by atoms with van der Waals surface area (Å²) in [6, 6.07) is 27.7. The lowest BCUT2D eigenvalue weighted by molar-refractivity contribution is 0.102. The summed E-state index contributed by atoms with van der Waals surface area (Å²) in [5.74, 6) is -0.131. The average molecular weight is 403 g/mol. The highest BCUT2D eigenvalue weighted by Crippen LogP contribution is 2.37. The molecule has 0 bridgehead atoms. The normalized spacial score (nSPS) is 10.6. The molecule has 0 aliphatic carbocycles. The number of hydrogen-bond donors (Lipinski definition) is 1. The molecular weight excluding hydrogens is 384 g/mol. The molecular formula is C23H18N2OS2. The quantitative estimate of drug-likeness (QED) is 0.390. The van der Waals surface area contributed by atoms with Crippen molar-refractivity contribution in [3.05, 3.63) is 90.5 Å². The molecule has 5 heteroatoms. The lowest BCUT2D eigenvalue weighted by Crippen LogP contribution is -2.11. The van der Waals surface area contributed by atoms with Crippen molar-refractivity contribution in [3.63, 3.8) is 0 Å². The molecule has 138 valence electrons. The monoisotopic (exact) mass is 402 g/mol. The Bertz CT molecular complexity index is 1070. The largest absolute Gasteiger partial charge is 0.312 e. The van der Waals surface area contributed by atoms with Crippen LogP contribution in [0.2, 0.25) is 0 Å². The van der Waals surface area contributed by atoms with E-state index >= 15 is 0 Å². The highest BCUT2D eigenvalue weighted by atomic mass is 32.2. The third kappa shape index (κ3) is 4.01. The maximum absolute atomic E-state index is 12.8. The molecule has 1 heterocycles. The molecule has 0 saturated heterocycles. The van der Waals surface area contributed by atoms with Gasteiger partial charge in [-0.3, -0.25) is 4.79 Å². The van der Waals surface area contributed by atoms with E-state index in [9.17, 15) is 4.79 Å². The van der Waals surface area contributed by atoms with Gasteiger partial charge in [0, 0.05) is 11.1 Å². The fraction of sp³-hybridized carbons (Fsp3) is 0.0435. The number of anilines is 1. The highest BCUT2D eigenvalue weighted by molar-refractivity contribution is 8.00. The van der Waals surface area contributed by atoms with Crippen molar-refractivity contribution in [1.82, 2.24) is 4.98 Å². The van der Waals surface area contributed by atoms with Crippen molar-refractivity contribution >= 4 is 34.0 Å². The first-order valence-corrected chi connectivity index (χ1v) is 10.9. The summed E-state index contributed by atoms with van der Waals surface area (Å²) in [4.78, 5) is 17.5. The van der Waals surface area contributed by atoms with Crippen molar-refractivity contribution in [2.75, 3.05) is 11.6 Å². The van der Waals surface area contributed by atoms with Gasteiger partial charge in [0.05, 0.1) is 0 Å². The summed E-state index contributed by atoms with van der Waals surface area (Å²) >= 11 is 3.07. The Morgan fingerprint density at radius 1 is 0.821 bits per heavy atom. The van der Waals surface area contributed by atoms with Crippen LogP contribution < -0.4 is 5.32 Å². The SMILES string of the molecule is CSc1nc(-c2ccccc2)c(NC(=O)c2ccc(-c3ccccc3)cc2)s1. The summed E-state index contributed by atoms with van der Waals surface area (Å²) < 4.78 is 0.925. The number of nitrogens with one attached hydrogen (secondary N) is 1. The zero-order valence-electron chi connectivity index (χ0n) is 15.3. The Kier molecular flexibility index (Phi) is 5.55. The Balaban J connectivity index is 1.58. The van der Waals surface area contributed by atoms with Crippen molar-refractivity contribution in [2.24, 2.45) is 0 Å². The van der Waals surface area contributed by atoms with Crippen LogP contribution in [-0.2, 0) is 0 Å². The van der Waals surface area contributed by atoms with Crippen molar-refractivity contribution in [2.45, 2.75) is 4.34 Å². The molecule has 0 saturated carbocycles. The van der Waals surface area contributed by atoms with Crippen LogP contribution in [0.25, 0.3) is 22.4 Å². The van der Waals surface area contributed by atoms with Gasteiger partial charge in [0.1, 0.15) is 10.7 Å². The number of nitrogens with zero attached hydrogens (tertiary/aromatic N) is 1. The summed E-state index contributed by atoms with van der Waals surface area (Å²) in [7, 11) is 0. The predicted molar refractivity (Wildman–Crippen MR) is 119 cm³/mol. The first kappa shape index (κ1) is 18.5. The van der Waals surface area contributed by atoms with E-state index in [2.05, 4.69) is 22.4 Å². The maximum Gasteiger partial charge on any atom is 0.256 e. The van der Waals surface area contributed by atoms with E-state index in [1.54, 1.807) is 11.8 Å². The van der Waals surface area contributed by atoms with Crippen LogP contribution in [0.1, 0.15) is 10.4 Å². The molecule has 4 rings (SSSR count). The van der Waals surface area contributed by atoms with Gasteiger partial charge in [-0.1, -0.05) is 95.9 Å². The molecule has 0 spiro atoms. The topological polar surface area (TPSA) is 42.0 Å². The van der Waals surface area contributed by atoms with Crippen LogP contribution in [-0.4, -0.2) is 17.1 Å². The molecule has 1 aromatic heterocycles. The first-order valence-electron chi connectivity index (χ1n) is 8.81. The minimum Gasteiger partial charge on any atom is -0.312 e. The minimum absolute atomic E-state index is 0.131. The number of amides is 1. The van der Waals surface area contributed by atoms with Gasteiger partial charge >= 0.3 is 0 Å². The standard InChI is InChI=1S/C23H18N2OS2/c1-27-23-24-20(18-10-6-3-7-11-18)22(28-23)25-21(26)19-14-12-17(13-15-19)16-8-4-2-5-9-16/h2-15H,1H3,(H,25,26). The van der Waals surface area contributed by atoms with Crippen molar-refractivity contribution in [1.29, 1.82) is 0 Å². The number of aromatic nitrogens is 1. The van der Waals surface area contributed by atoms with Crippen LogP contribution in [0.4, 0.5) is 5.00 Å². The number of thioether (sulfide) groups is 1. The molecule has 0 unspecified atom stereocenters. The van der Waals surface area contributed by atoms with Gasteiger partial charge in [0.15, 0.2) is 4.34 Å². The number of rotatable bonds is 5. The summed E-state index contributed by atoms with van der Waals surface area (Å²) in [5.41, 5.74) is 4.65. The van der Waals surface area contributed by atoms with Gasteiger partial charge in [-0.15, -0.1) is 0 Å². The molecule has 4 aromatic rings. The fourth-order valence-corrected chi connectivity index (χ4v) is 4.37. The molecule has 28 heavy (non-hydrogen) atoms. The second-order valence-corrected chi connectivity index (χ2v) is 8.18.